The minimum atomic E-state index is -3.13. The highest BCUT2D eigenvalue weighted by Gasteiger charge is 2.31. The maximum absolute atomic E-state index is 13.3. The Hall–Kier alpha value is -3.21. The van der Waals surface area contributed by atoms with E-state index in [-0.39, 0.29) is 51.3 Å². The fourth-order valence-corrected chi connectivity index (χ4v) is 4.55. The number of benzene rings is 1. The van der Waals surface area contributed by atoms with Crippen molar-refractivity contribution >= 4 is 61.6 Å². The quantitative estimate of drug-likeness (QED) is 0.0692. The molecule has 0 aliphatic carbocycles. The second-order valence-electron chi connectivity index (χ2n) is 11.0. The zero-order chi connectivity index (χ0) is 33.7. The van der Waals surface area contributed by atoms with Crippen molar-refractivity contribution in [3.63, 3.8) is 0 Å². The molecule has 242 valence electrons. The Balaban J connectivity index is 0.00000223. The summed E-state index contributed by atoms with van der Waals surface area (Å²) < 4.78 is 20.3. The first kappa shape index (κ1) is 39.8. The van der Waals surface area contributed by atoms with Crippen molar-refractivity contribution in [3.05, 3.63) is 49.8 Å². The van der Waals surface area contributed by atoms with Crippen LogP contribution in [0.2, 0.25) is 0 Å². The Labute approximate surface area is 266 Å². The van der Waals surface area contributed by atoms with Gasteiger partial charge in [-0.1, -0.05) is 54.7 Å². The summed E-state index contributed by atoms with van der Waals surface area (Å²) in [4.78, 5) is 49.0. The number of phenolic OH excluding ortho intramolecular Hbond substituents is 1. The number of nitro benzene ring substituents is 1. The molecule has 0 fully saturated rings. The maximum Gasteiger partial charge on any atom is 0.326 e. The summed E-state index contributed by atoms with van der Waals surface area (Å²) in [6.45, 7) is 17.3. The van der Waals surface area contributed by atoms with Gasteiger partial charge in [0.05, 0.1) is 4.92 Å². The largest absolute Gasteiger partial charge is 0.507 e. The molecule has 1 rings (SSSR count). The van der Waals surface area contributed by atoms with E-state index in [4.69, 9.17) is 0 Å². The number of halogens is 1. The average molecular weight is 739 g/mol. The molecule has 43 heavy (non-hydrogen) atoms. The number of nitro groups is 1. The Morgan fingerprint density at radius 2 is 1.33 bits per heavy atom. The summed E-state index contributed by atoms with van der Waals surface area (Å²) in [5.41, 5.74) is -0.289. The Kier molecular flexibility index (Phi) is 17.1. The van der Waals surface area contributed by atoms with Crippen molar-refractivity contribution in [1.29, 1.82) is 0 Å². The smallest absolute Gasteiger partial charge is 0.326 e. The van der Waals surface area contributed by atoms with E-state index in [1.54, 1.807) is 22.6 Å². The first-order valence-electron chi connectivity index (χ1n) is 13.5. The molecule has 0 bridgehead atoms. The number of sulfone groups is 1. The van der Waals surface area contributed by atoms with Gasteiger partial charge in [-0.2, -0.15) is 0 Å². The van der Waals surface area contributed by atoms with Crippen LogP contribution in [0.1, 0.15) is 60.8 Å². The second-order valence-corrected chi connectivity index (χ2v) is 13.9. The maximum atomic E-state index is 13.3. The number of rotatable bonds is 16. The molecule has 1 aromatic rings. The number of hydrogen-bond acceptors (Lipinski definition) is 9. The second kappa shape index (κ2) is 18.5. The molecule has 2 amide bonds. The van der Waals surface area contributed by atoms with E-state index in [1.165, 1.54) is 12.1 Å². The van der Waals surface area contributed by atoms with Crippen LogP contribution >= 0.6 is 22.6 Å². The van der Waals surface area contributed by atoms with Crippen LogP contribution in [0.5, 0.6) is 5.75 Å². The molecule has 0 saturated heterocycles. The lowest BCUT2D eigenvalue weighted by atomic mass is 9.99. The summed E-state index contributed by atoms with van der Waals surface area (Å²) >= 11 is 1.67. The predicted octanol–water partition coefficient (Wildman–Crippen LogP) is 4.57. The normalized spacial score (nSPS) is 13.3. The average Bonchev–Trinajstić information content (AvgIpc) is 2.88. The fraction of sp³-hybridized carbons (Fsp3) is 0.536. The van der Waals surface area contributed by atoms with Crippen molar-refractivity contribution in [2.24, 2.45) is 17.8 Å². The highest BCUT2D eigenvalue weighted by molar-refractivity contribution is 14.1. The zero-order valence-electron chi connectivity index (χ0n) is 25.3. The molecular formula is C28H43IN4O9S. The number of hydrogen-bond donors (Lipinski definition) is 5. The lowest BCUT2D eigenvalue weighted by Crippen LogP contribution is -2.54. The van der Waals surface area contributed by atoms with Crippen LogP contribution in [0.25, 0.3) is 0 Å². The van der Waals surface area contributed by atoms with E-state index in [0.717, 1.165) is 10.8 Å². The molecule has 0 aromatic heterocycles. The van der Waals surface area contributed by atoms with Crippen LogP contribution in [-0.2, 0) is 24.2 Å². The van der Waals surface area contributed by atoms with Gasteiger partial charge in [0.2, 0.25) is 11.8 Å². The van der Waals surface area contributed by atoms with Gasteiger partial charge in [0.15, 0.2) is 9.84 Å². The van der Waals surface area contributed by atoms with Crippen LogP contribution in [0.4, 0.5) is 11.4 Å². The number of nitrogens with one attached hydrogen (secondary N) is 3. The lowest BCUT2D eigenvalue weighted by Gasteiger charge is -2.27. The van der Waals surface area contributed by atoms with Crippen molar-refractivity contribution in [1.82, 2.24) is 10.6 Å². The summed E-state index contributed by atoms with van der Waals surface area (Å²) in [6, 6.07) is -0.361. The lowest BCUT2D eigenvalue weighted by molar-refractivity contribution is -0.385. The number of aliphatic carboxylic acids is 1. The van der Waals surface area contributed by atoms with Crippen molar-refractivity contribution in [3.8, 4) is 5.75 Å². The number of carbonyl (C=O) groups excluding carboxylic acids is 2. The van der Waals surface area contributed by atoms with E-state index >= 15 is 0 Å². The molecule has 0 unspecified atom stereocenters. The molecule has 1 aromatic carbocycles. The third-order valence-corrected chi connectivity index (χ3v) is 7.75. The molecule has 0 spiro atoms. The van der Waals surface area contributed by atoms with Gasteiger partial charge in [-0.25, -0.2) is 13.2 Å². The van der Waals surface area contributed by atoms with Gasteiger partial charge in [0.25, 0.3) is 0 Å². The van der Waals surface area contributed by atoms with Crippen molar-refractivity contribution in [2.45, 2.75) is 78.9 Å². The van der Waals surface area contributed by atoms with Gasteiger partial charge < -0.3 is 26.2 Å². The molecule has 0 aliphatic heterocycles. The minimum absolute atomic E-state index is 0.0192. The Morgan fingerprint density at radius 1 is 0.907 bits per heavy atom. The standard InChI is InChI=1S/C24H37IN4O7.C4H6O2S/c1-12(2)9-16(26-15-7-8-19(30)20(25)21(15)29(35)36)22(31)27-17(10-13(3)4)23(32)28-18(24(33)34)11-14(5)6;1-3-7(5,6)4-2/h7-8,12-14,16-18,26,30H,9-11H2,1-6H3,(H,27,31)(H,28,32)(H,33,34);3-4H,1-2H2/t16-,17-,18-;/m0./s1. The first-order valence-corrected chi connectivity index (χ1v) is 16.2. The van der Waals surface area contributed by atoms with Gasteiger partial charge in [0, 0.05) is 10.8 Å². The number of carbonyl (C=O) groups is 3. The molecular weight excluding hydrogens is 695 g/mol. The molecule has 5 N–H and O–H groups in total. The topological polar surface area (TPSA) is 205 Å². The highest BCUT2D eigenvalue weighted by Crippen LogP contribution is 2.36. The first-order chi connectivity index (χ1) is 19.8. The molecule has 0 heterocycles. The van der Waals surface area contributed by atoms with Gasteiger partial charge in [0.1, 0.15) is 33.1 Å². The van der Waals surface area contributed by atoms with Crippen LogP contribution in [0, 0.1) is 31.4 Å². The van der Waals surface area contributed by atoms with Crippen LogP contribution in [-0.4, -0.2) is 59.5 Å². The predicted molar refractivity (Wildman–Crippen MR) is 174 cm³/mol. The third-order valence-electron chi connectivity index (χ3n) is 5.76. The summed E-state index contributed by atoms with van der Waals surface area (Å²) in [6.07, 6.45) is 0.822. The van der Waals surface area contributed by atoms with Crippen LogP contribution in [0.3, 0.4) is 0 Å². The van der Waals surface area contributed by atoms with E-state index in [0.29, 0.717) is 6.42 Å². The monoisotopic (exact) mass is 738 g/mol. The number of carboxylic acid groups (broad SMARTS) is 1. The number of anilines is 1. The Bertz CT molecular complexity index is 1250. The van der Waals surface area contributed by atoms with Crippen molar-refractivity contribution in [2.75, 3.05) is 5.32 Å². The van der Waals surface area contributed by atoms with Gasteiger partial charge in [-0.05, 0) is 71.7 Å². The van der Waals surface area contributed by atoms with E-state index in [9.17, 15) is 43.1 Å². The van der Waals surface area contributed by atoms with E-state index in [2.05, 4.69) is 29.1 Å². The van der Waals surface area contributed by atoms with E-state index < -0.39 is 50.7 Å². The molecule has 3 atom stereocenters. The number of amides is 2. The summed E-state index contributed by atoms with van der Waals surface area (Å²) in [7, 11) is -3.13. The Morgan fingerprint density at radius 3 is 1.72 bits per heavy atom. The minimum Gasteiger partial charge on any atom is -0.507 e. The van der Waals surface area contributed by atoms with Crippen LogP contribution < -0.4 is 16.0 Å². The van der Waals surface area contributed by atoms with Gasteiger partial charge in [-0.15, -0.1) is 0 Å². The number of aromatic hydroxyl groups is 1. The van der Waals surface area contributed by atoms with Gasteiger partial charge >= 0.3 is 11.7 Å². The number of phenols is 1. The molecule has 13 nitrogen and oxygen atoms in total. The molecule has 15 heteroatoms. The molecule has 0 saturated carbocycles. The molecule has 0 aliphatic rings. The van der Waals surface area contributed by atoms with E-state index in [1.807, 2.05) is 41.5 Å². The van der Waals surface area contributed by atoms with Crippen molar-refractivity contribution < 1.29 is 37.9 Å². The van der Waals surface area contributed by atoms with Crippen LogP contribution in [0.15, 0.2) is 36.1 Å². The fourth-order valence-electron chi connectivity index (χ4n) is 3.75. The molecule has 0 radical (unpaired) electrons. The van der Waals surface area contributed by atoms with Gasteiger partial charge in [-0.3, -0.25) is 19.7 Å². The zero-order valence-corrected chi connectivity index (χ0v) is 28.3. The summed E-state index contributed by atoms with van der Waals surface area (Å²) in [5.74, 6) is -2.46. The highest BCUT2D eigenvalue weighted by atomic mass is 127. The summed E-state index contributed by atoms with van der Waals surface area (Å²) in [5, 5.41) is 40.9. The SMILES string of the molecule is C=CS(=O)(=O)C=C.CC(C)C[C@H](NC(=O)[C@H](CC(C)C)NC(=O)[C@H](CC(C)C)Nc1ccc(O)c(I)c1[N+](=O)[O-])C(=O)O. The number of carboxylic acids is 1. The third kappa shape index (κ3) is 14.7. The number of nitrogens with zero attached hydrogens (tertiary/aromatic N) is 1.